The van der Waals surface area contributed by atoms with Gasteiger partial charge in [0.1, 0.15) is 5.78 Å². The summed E-state index contributed by atoms with van der Waals surface area (Å²) in [6, 6.07) is 0. The quantitative estimate of drug-likeness (QED) is 0.472. The average molecular weight is 115 g/mol. The maximum absolute atomic E-state index is 10.4. The van der Waals surface area contributed by atoms with Crippen LogP contribution in [0.3, 0.4) is 0 Å². The van der Waals surface area contributed by atoms with Crippen LogP contribution in [0.5, 0.6) is 0 Å². The molecule has 2 heteroatoms. The number of carbonyl (C=O) groups is 1. The highest BCUT2D eigenvalue weighted by Crippen LogP contribution is 2.16. The Morgan fingerprint density at radius 2 is 2.57 bits per heavy atom. The molecule has 1 fully saturated rings. The molecular formula is C5H7OS. The number of thioether (sulfide) groups is 1. The lowest BCUT2D eigenvalue weighted by atomic mass is 10.2. The summed E-state index contributed by atoms with van der Waals surface area (Å²) in [5.74, 6) is 3.14. The molecule has 0 saturated carbocycles. The topological polar surface area (TPSA) is 17.1 Å². The van der Waals surface area contributed by atoms with Crippen LogP contribution in [0.1, 0.15) is 12.8 Å². The molecule has 1 saturated heterocycles. The van der Waals surface area contributed by atoms with Gasteiger partial charge >= 0.3 is 0 Å². The summed E-state index contributed by atoms with van der Waals surface area (Å²) in [6.45, 7) is 0. The van der Waals surface area contributed by atoms with Gasteiger partial charge in [0.15, 0.2) is 0 Å². The van der Waals surface area contributed by atoms with Crippen molar-refractivity contribution < 1.29 is 4.79 Å². The molecule has 1 heterocycles. The standard InChI is InChI=1S/C5H7OS/c6-5-2-1-3-7-4-5/h4H,1-3H2. The molecule has 1 aliphatic rings. The second-order valence-electron chi connectivity index (χ2n) is 1.56. The molecule has 1 rings (SSSR count). The molecule has 0 spiro atoms. The normalized spacial score (nSPS) is 22.6. The Labute approximate surface area is 47.5 Å². The van der Waals surface area contributed by atoms with Gasteiger partial charge in [0, 0.05) is 6.42 Å². The van der Waals surface area contributed by atoms with Crippen LogP contribution in [0.4, 0.5) is 0 Å². The van der Waals surface area contributed by atoms with E-state index in [2.05, 4.69) is 0 Å². The van der Waals surface area contributed by atoms with Crippen LogP contribution in [0.2, 0.25) is 0 Å². The van der Waals surface area contributed by atoms with E-state index in [1.807, 2.05) is 0 Å². The van der Waals surface area contributed by atoms with Crippen molar-refractivity contribution in [3.05, 3.63) is 5.75 Å². The highest BCUT2D eigenvalue weighted by Gasteiger charge is 2.07. The van der Waals surface area contributed by atoms with Crippen molar-refractivity contribution in [2.24, 2.45) is 0 Å². The predicted octanol–water partition coefficient (Wildman–Crippen LogP) is 1.24. The molecule has 0 N–H and O–H groups in total. The van der Waals surface area contributed by atoms with Crippen molar-refractivity contribution in [1.29, 1.82) is 0 Å². The van der Waals surface area contributed by atoms with Gasteiger partial charge in [-0.3, -0.25) is 4.79 Å². The minimum absolute atomic E-state index is 0.302. The van der Waals surface area contributed by atoms with Crippen LogP contribution in [-0.4, -0.2) is 11.5 Å². The second-order valence-corrected chi connectivity index (χ2v) is 2.54. The predicted molar refractivity (Wildman–Crippen MR) is 31.0 cm³/mol. The molecule has 0 unspecified atom stereocenters. The lowest BCUT2D eigenvalue weighted by Crippen LogP contribution is -2.02. The van der Waals surface area contributed by atoms with E-state index in [0.717, 1.165) is 18.6 Å². The van der Waals surface area contributed by atoms with E-state index < -0.39 is 0 Å². The van der Waals surface area contributed by atoms with Gasteiger partial charge in [-0.25, -0.2) is 0 Å². The monoisotopic (exact) mass is 115 g/mol. The maximum Gasteiger partial charge on any atom is 0.147 e. The van der Waals surface area contributed by atoms with Crippen LogP contribution >= 0.6 is 11.8 Å². The Kier molecular flexibility index (Phi) is 1.74. The first-order chi connectivity index (χ1) is 3.39. The molecule has 0 bridgehead atoms. The van der Waals surface area contributed by atoms with Crippen LogP contribution in [0, 0.1) is 5.75 Å². The molecule has 0 aromatic rings. The van der Waals surface area contributed by atoms with Gasteiger partial charge in [-0.05, 0) is 12.2 Å². The largest absolute Gasteiger partial charge is 0.298 e. The maximum atomic E-state index is 10.4. The molecule has 0 amide bonds. The Balaban J connectivity index is 2.25. The fraction of sp³-hybridized carbons (Fsp3) is 0.600. The van der Waals surface area contributed by atoms with E-state index in [4.69, 9.17) is 0 Å². The zero-order chi connectivity index (χ0) is 5.11. The number of hydrogen-bond acceptors (Lipinski definition) is 2. The van der Waals surface area contributed by atoms with Crippen molar-refractivity contribution in [3.8, 4) is 0 Å². The fourth-order valence-corrected chi connectivity index (χ4v) is 1.27. The van der Waals surface area contributed by atoms with E-state index in [9.17, 15) is 4.79 Å². The van der Waals surface area contributed by atoms with Gasteiger partial charge in [0.05, 0.1) is 5.75 Å². The Morgan fingerprint density at radius 1 is 1.71 bits per heavy atom. The Bertz CT molecular complexity index is 72.1. The van der Waals surface area contributed by atoms with E-state index >= 15 is 0 Å². The first kappa shape index (κ1) is 5.16. The molecule has 0 aromatic carbocycles. The van der Waals surface area contributed by atoms with E-state index in [1.165, 1.54) is 0 Å². The first-order valence-corrected chi connectivity index (χ1v) is 3.42. The van der Waals surface area contributed by atoms with Crippen molar-refractivity contribution >= 4 is 17.5 Å². The molecule has 7 heavy (non-hydrogen) atoms. The highest BCUT2D eigenvalue weighted by molar-refractivity contribution is 8.02. The Morgan fingerprint density at radius 3 is 2.86 bits per heavy atom. The van der Waals surface area contributed by atoms with Crippen LogP contribution in [0.25, 0.3) is 0 Å². The molecular weight excluding hydrogens is 108 g/mol. The summed E-state index contributed by atoms with van der Waals surface area (Å²) in [4.78, 5) is 10.4. The minimum atomic E-state index is 0.302. The molecule has 39 valence electrons. The lowest BCUT2D eigenvalue weighted by molar-refractivity contribution is -0.115. The molecule has 0 aromatic heterocycles. The molecule has 1 nitrogen and oxygen atoms in total. The van der Waals surface area contributed by atoms with E-state index in [-0.39, 0.29) is 0 Å². The molecule has 1 radical (unpaired) electrons. The number of carbonyl (C=O) groups excluding carboxylic acids is 1. The fourth-order valence-electron chi connectivity index (χ4n) is 0.541. The summed E-state index contributed by atoms with van der Waals surface area (Å²) in [7, 11) is 0. The zero-order valence-corrected chi connectivity index (χ0v) is 4.83. The SMILES string of the molecule is O=C1[CH]SCCC1. The van der Waals surface area contributed by atoms with Crippen molar-refractivity contribution in [1.82, 2.24) is 0 Å². The highest BCUT2D eigenvalue weighted by atomic mass is 32.2. The summed E-state index contributed by atoms with van der Waals surface area (Å²) < 4.78 is 0. The van der Waals surface area contributed by atoms with Gasteiger partial charge in [0.2, 0.25) is 0 Å². The third-order valence-electron chi connectivity index (χ3n) is 0.900. The van der Waals surface area contributed by atoms with Gasteiger partial charge in [-0.15, -0.1) is 11.8 Å². The summed E-state index contributed by atoms with van der Waals surface area (Å²) in [5.41, 5.74) is 0. The van der Waals surface area contributed by atoms with Gasteiger partial charge < -0.3 is 0 Å². The number of rotatable bonds is 0. The number of Topliss-reactive ketones (excluding diaryl/α,β-unsaturated/α-hetero) is 1. The molecule has 0 aliphatic carbocycles. The number of hydrogen-bond donors (Lipinski definition) is 0. The summed E-state index contributed by atoms with van der Waals surface area (Å²) >= 11 is 1.63. The first-order valence-electron chi connectivity index (χ1n) is 2.37. The Hall–Kier alpha value is 0.0200. The average Bonchev–Trinajstić information content (AvgIpc) is 1.69. The van der Waals surface area contributed by atoms with Crippen LogP contribution in [0.15, 0.2) is 0 Å². The molecule has 0 atom stereocenters. The van der Waals surface area contributed by atoms with Crippen molar-refractivity contribution in [3.63, 3.8) is 0 Å². The third-order valence-corrected chi connectivity index (χ3v) is 1.85. The molecule has 1 aliphatic heterocycles. The zero-order valence-electron chi connectivity index (χ0n) is 4.02. The minimum Gasteiger partial charge on any atom is -0.298 e. The van der Waals surface area contributed by atoms with E-state index in [0.29, 0.717) is 5.78 Å². The summed E-state index contributed by atoms with van der Waals surface area (Å²) in [6.07, 6.45) is 1.84. The third kappa shape index (κ3) is 1.51. The lowest BCUT2D eigenvalue weighted by Gasteiger charge is -2.04. The van der Waals surface area contributed by atoms with Crippen LogP contribution < -0.4 is 0 Å². The van der Waals surface area contributed by atoms with Crippen molar-refractivity contribution in [2.45, 2.75) is 12.8 Å². The van der Waals surface area contributed by atoms with Gasteiger partial charge in [-0.1, -0.05) is 0 Å². The summed E-state index contributed by atoms with van der Waals surface area (Å²) in [5, 5.41) is 0. The van der Waals surface area contributed by atoms with Gasteiger partial charge in [0.25, 0.3) is 0 Å². The van der Waals surface area contributed by atoms with Gasteiger partial charge in [-0.2, -0.15) is 0 Å². The van der Waals surface area contributed by atoms with E-state index in [1.54, 1.807) is 17.5 Å². The number of ketones is 1. The van der Waals surface area contributed by atoms with Crippen molar-refractivity contribution in [2.75, 3.05) is 5.75 Å². The second kappa shape index (κ2) is 2.36. The van der Waals surface area contributed by atoms with Crippen LogP contribution in [-0.2, 0) is 4.79 Å². The smallest absolute Gasteiger partial charge is 0.147 e.